The third-order valence-electron chi connectivity index (χ3n) is 3.25. The van der Waals surface area contributed by atoms with E-state index in [9.17, 15) is 0 Å². The summed E-state index contributed by atoms with van der Waals surface area (Å²) in [6, 6.07) is 15.7. The number of methoxy groups -OCH3 is 1. The van der Waals surface area contributed by atoms with Crippen molar-refractivity contribution in [1.82, 2.24) is 14.9 Å². The van der Waals surface area contributed by atoms with Gasteiger partial charge >= 0.3 is 0 Å². The first-order valence-corrected chi connectivity index (χ1v) is 8.67. The molecule has 0 saturated heterocycles. The van der Waals surface area contributed by atoms with Crippen molar-refractivity contribution in [1.29, 1.82) is 0 Å². The molecule has 0 atom stereocenters. The zero-order valence-corrected chi connectivity index (χ0v) is 14.8. The van der Waals surface area contributed by atoms with Gasteiger partial charge in [0.25, 0.3) is 0 Å². The molecule has 0 amide bonds. The molecule has 1 aromatic heterocycles. The van der Waals surface area contributed by atoms with Crippen LogP contribution in [0.2, 0.25) is 0 Å². The van der Waals surface area contributed by atoms with Crippen molar-refractivity contribution in [3.8, 4) is 17.1 Å². The Bertz CT molecular complexity index is 821. The molecule has 3 rings (SSSR count). The average Bonchev–Trinajstić information content (AvgIpc) is 2.94. The second-order valence-corrected chi connectivity index (χ2v) is 6.68. The largest absolute Gasteiger partial charge is 0.497 e. The second kappa shape index (κ2) is 7.06. The van der Waals surface area contributed by atoms with Gasteiger partial charge in [-0.05, 0) is 29.8 Å². The SMILES string of the molecule is COc1cccc(-c2nnc(SCc3cccc(Br)c3)n2N)c1. The number of hydrogen-bond donors (Lipinski definition) is 1. The molecule has 0 bridgehead atoms. The van der Waals surface area contributed by atoms with Crippen LogP contribution in [0.3, 0.4) is 0 Å². The van der Waals surface area contributed by atoms with Gasteiger partial charge in [-0.3, -0.25) is 0 Å². The van der Waals surface area contributed by atoms with E-state index in [0.29, 0.717) is 11.0 Å². The molecule has 0 aliphatic heterocycles. The average molecular weight is 391 g/mol. The minimum atomic E-state index is 0.612. The first-order valence-electron chi connectivity index (χ1n) is 6.89. The van der Waals surface area contributed by atoms with E-state index >= 15 is 0 Å². The molecule has 118 valence electrons. The number of nitrogens with zero attached hydrogens (tertiary/aromatic N) is 3. The predicted molar refractivity (Wildman–Crippen MR) is 95.9 cm³/mol. The first kappa shape index (κ1) is 15.9. The Labute approximate surface area is 147 Å². The summed E-state index contributed by atoms with van der Waals surface area (Å²) in [5.74, 6) is 8.28. The molecule has 0 saturated carbocycles. The molecule has 0 aliphatic carbocycles. The fourth-order valence-electron chi connectivity index (χ4n) is 2.11. The molecule has 1 heterocycles. The fourth-order valence-corrected chi connectivity index (χ4v) is 3.36. The van der Waals surface area contributed by atoms with Crippen molar-refractivity contribution in [2.24, 2.45) is 0 Å². The van der Waals surface area contributed by atoms with E-state index in [4.69, 9.17) is 10.6 Å². The fraction of sp³-hybridized carbons (Fsp3) is 0.125. The summed E-state index contributed by atoms with van der Waals surface area (Å²) in [6.45, 7) is 0. The predicted octanol–water partition coefficient (Wildman–Crippen LogP) is 3.72. The van der Waals surface area contributed by atoms with Crippen LogP contribution in [0.5, 0.6) is 5.75 Å². The lowest BCUT2D eigenvalue weighted by Crippen LogP contribution is -2.11. The Morgan fingerprint density at radius 3 is 2.78 bits per heavy atom. The number of benzene rings is 2. The van der Waals surface area contributed by atoms with Crippen LogP contribution in [0.25, 0.3) is 11.4 Å². The molecule has 0 radical (unpaired) electrons. The van der Waals surface area contributed by atoms with Crippen LogP contribution in [0.15, 0.2) is 58.2 Å². The van der Waals surface area contributed by atoms with Crippen molar-refractivity contribution in [3.63, 3.8) is 0 Å². The second-order valence-electron chi connectivity index (χ2n) is 4.83. The van der Waals surface area contributed by atoms with Gasteiger partial charge in [0.05, 0.1) is 7.11 Å². The summed E-state index contributed by atoms with van der Waals surface area (Å²) in [5.41, 5.74) is 2.06. The minimum Gasteiger partial charge on any atom is -0.497 e. The lowest BCUT2D eigenvalue weighted by Gasteiger charge is -2.05. The number of rotatable bonds is 5. The summed E-state index contributed by atoms with van der Waals surface area (Å²) in [6.07, 6.45) is 0. The van der Waals surface area contributed by atoms with Crippen LogP contribution in [0, 0.1) is 0 Å². The molecule has 0 fully saturated rings. The third kappa shape index (κ3) is 3.68. The number of halogens is 1. The maximum absolute atomic E-state index is 6.14. The Morgan fingerprint density at radius 1 is 1.17 bits per heavy atom. The van der Waals surface area contributed by atoms with Crippen LogP contribution in [0.1, 0.15) is 5.56 Å². The molecular weight excluding hydrogens is 376 g/mol. The smallest absolute Gasteiger partial charge is 0.210 e. The summed E-state index contributed by atoms with van der Waals surface area (Å²) in [5, 5.41) is 9.05. The summed E-state index contributed by atoms with van der Waals surface area (Å²) in [4.78, 5) is 0. The van der Waals surface area contributed by atoms with Gasteiger partial charge in [-0.25, -0.2) is 4.68 Å². The van der Waals surface area contributed by atoms with Gasteiger partial charge in [0.2, 0.25) is 5.16 Å². The maximum Gasteiger partial charge on any atom is 0.210 e. The van der Waals surface area contributed by atoms with E-state index in [1.54, 1.807) is 18.9 Å². The lowest BCUT2D eigenvalue weighted by atomic mass is 10.2. The van der Waals surface area contributed by atoms with E-state index < -0.39 is 0 Å². The molecule has 2 aromatic carbocycles. The van der Waals surface area contributed by atoms with Crippen molar-refractivity contribution >= 4 is 27.7 Å². The quantitative estimate of drug-likeness (QED) is 0.531. The maximum atomic E-state index is 6.14. The van der Waals surface area contributed by atoms with Gasteiger partial charge in [-0.2, -0.15) is 0 Å². The lowest BCUT2D eigenvalue weighted by molar-refractivity contribution is 0.415. The van der Waals surface area contributed by atoms with Gasteiger partial charge in [-0.15, -0.1) is 10.2 Å². The highest BCUT2D eigenvalue weighted by atomic mass is 79.9. The molecule has 0 spiro atoms. The summed E-state index contributed by atoms with van der Waals surface area (Å²) < 4.78 is 7.80. The molecular formula is C16H15BrN4OS. The number of nitrogen functional groups attached to an aromatic ring is 1. The molecule has 0 unspecified atom stereocenters. The molecule has 5 nitrogen and oxygen atoms in total. The van der Waals surface area contributed by atoms with Crippen molar-refractivity contribution in [2.45, 2.75) is 10.9 Å². The third-order valence-corrected chi connectivity index (χ3v) is 4.76. The highest BCUT2D eigenvalue weighted by Crippen LogP contribution is 2.26. The Balaban J connectivity index is 1.79. The van der Waals surface area contributed by atoms with Crippen LogP contribution >= 0.6 is 27.7 Å². The molecule has 23 heavy (non-hydrogen) atoms. The number of aromatic nitrogens is 3. The van der Waals surface area contributed by atoms with Crippen LogP contribution < -0.4 is 10.6 Å². The topological polar surface area (TPSA) is 66.0 Å². The van der Waals surface area contributed by atoms with Crippen molar-refractivity contribution < 1.29 is 4.74 Å². The Hall–Kier alpha value is -1.99. The Morgan fingerprint density at radius 2 is 2.00 bits per heavy atom. The summed E-state index contributed by atoms with van der Waals surface area (Å²) >= 11 is 5.02. The molecule has 2 N–H and O–H groups in total. The highest BCUT2D eigenvalue weighted by molar-refractivity contribution is 9.10. The van der Waals surface area contributed by atoms with Gasteiger partial charge in [0.15, 0.2) is 5.82 Å². The zero-order valence-electron chi connectivity index (χ0n) is 12.4. The van der Waals surface area contributed by atoms with Crippen LogP contribution in [-0.4, -0.2) is 22.0 Å². The van der Waals surface area contributed by atoms with E-state index in [0.717, 1.165) is 21.5 Å². The van der Waals surface area contributed by atoms with Gasteiger partial charge in [0, 0.05) is 15.8 Å². The van der Waals surface area contributed by atoms with E-state index in [1.807, 2.05) is 36.4 Å². The van der Waals surface area contributed by atoms with Gasteiger partial charge in [0.1, 0.15) is 5.75 Å². The van der Waals surface area contributed by atoms with E-state index in [-0.39, 0.29) is 0 Å². The van der Waals surface area contributed by atoms with Crippen LogP contribution in [0.4, 0.5) is 0 Å². The first-order chi connectivity index (χ1) is 11.2. The number of hydrogen-bond acceptors (Lipinski definition) is 5. The normalized spacial score (nSPS) is 10.7. The molecule has 7 heteroatoms. The van der Waals surface area contributed by atoms with E-state index in [1.165, 1.54) is 10.2 Å². The summed E-state index contributed by atoms with van der Waals surface area (Å²) in [7, 11) is 1.63. The number of ether oxygens (including phenoxy) is 1. The molecule has 0 aliphatic rings. The van der Waals surface area contributed by atoms with E-state index in [2.05, 4.69) is 38.3 Å². The standard InChI is InChI=1S/C16H15BrN4OS/c1-22-14-7-3-5-12(9-14)15-19-20-16(21(15)18)23-10-11-4-2-6-13(17)8-11/h2-9H,10,18H2,1H3. The number of nitrogens with two attached hydrogens (primary N) is 1. The molecule has 3 aromatic rings. The monoisotopic (exact) mass is 390 g/mol. The van der Waals surface area contributed by atoms with Crippen LogP contribution in [-0.2, 0) is 5.75 Å². The van der Waals surface area contributed by atoms with Crippen molar-refractivity contribution in [2.75, 3.05) is 13.0 Å². The number of thioether (sulfide) groups is 1. The highest BCUT2D eigenvalue weighted by Gasteiger charge is 2.13. The zero-order chi connectivity index (χ0) is 16.2. The van der Waals surface area contributed by atoms with Gasteiger partial charge < -0.3 is 10.6 Å². The Kier molecular flexibility index (Phi) is 4.88. The van der Waals surface area contributed by atoms with Gasteiger partial charge in [-0.1, -0.05) is 52.0 Å². The van der Waals surface area contributed by atoms with Crippen molar-refractivity contribution in [3.05, 3.63) is 58.6 Å². The minimum absolute atomic E-state index is 0.612.